The second-order valence-electron chi connectivity index (χ2n) is 6.73. The van der Waals surface area contributed by atoms with E-state index in [0.717, 1.165) is 18.4 Å². The van der Waals surface area contributed by atoms with Crippen LogP contribution in [-0.4, -0.2) is 5.01 Å². The van der Waals surface area contributed by atoms with Crippen LogP contribution in [-0.2, 0) is 0 Å². The Morgan fingerprint density at radius 3 is 2.05 bits per heavy atom. The predicted molar refractivity (Wildman–Crippen MR) is 89.0 cm³/mol. The van der Waals surface area contributed by atoms with Gasteiger partial charge in [-0.1, -0.05) is 74.5 Å². The molecule has 0 bridgehead atoms. The molecule has 0 N–H and O–H groups in total. The summed E-state index contributed by atoms with van der Waals surface area (Å²) in [5.41, 5.74) is 2.34. The first-order valence-corrected chi connectivity index (χ1v) is 7.85. The highest BCUT2D eigenvalue weighted by molar-refractivity contribution is 5.26. The molecule has 1 aliphatic rings. The Morgan fingerprint density at radius 1 is 0.955 bits per heavy atom. The molecular formula is C19H22N2O. The van der Waals surface area contributed by atoms with Gasteiger partial charge in [-0.25, -0.2) is 5.01 Å². The van der Waals surface area contributed by atoms with E-state index in [1.807, 2.05) is 36.4 Å². The zero-order valence-electron chi connectivity index (χ0n) is 13.1. The van der Waals surface area contributed by atoms with Crippen molar-refractivity contribution >= 4 is 0 Å². The monoisotopic (exact) mass is 294 g/mol. The van der Waals surface area contributed by atoms with Gasteiger partial charge in [-0.05, 0) is 29.4 Å². The number of nitroso groups, excluding NO2 is 1. The van der Waals surface area contributed by atoms with E-state index in [-0.39, 0.29) is 17.5 Å². The molecule has 3 nitrogen and oxygen atoms in total. The minimum Gasteiger partial charge on any atom is -0.245 e. The van der Waals surface area contributed by atoms with Crippen molar-refractivity contribution in [1.29, 1.82) is 0 Å². The number of rotatable bonds is 3. The summed E-state index contributed by atoms with van der Waals surface area (Å²) in [4.78, 5) is 11.7. The molecule has 114 valence electrons. The lowest BCUT2D eigenvalue weighted by Gasteiger charge is -2.48. The first kappa shape index (κ1) is 14.8. The minimum absolute atomic E-state index is 0.00477. The van der Waals surface area contributed by atoms with E-state index in [1.165, 1.54) is 5.56 Å². The Hall–Kier alpha value is -2.16. The third-order valence-electron chi connectivity index (χ3n) is 4.78. The highest BCUT2D eigenvalue weighted by Crippen LogP contribution is 2.51. The minimum atomic E-state index is 0.00477. The molecule has 2 aromatic carbocycles. The third kappa shape index (κ3) is 2.63. The van der Waals surface area contributed by atoms with Gasteiger partial charge in [0.2, 0.25) is 0 Å². The van der Waals surface area contributed by atoms with Gasteiger partial charge in [-0.15, -0.1) is 4.91 Å². The summed E-state index contributed by atoms with van der Waals surface area (Å²) in [6.07, 6.45) is 2.02. The number of nitrogens with zero attached hydrogens (tertiary/aromatic N) is 2. The van der Waals surface area contributed by atoms with Crippen molar-refractivity contribution in [2.24, 2.45) is 10.7 Å². The predicted octanol–water partition coefficient (Wildman–Crippen LogP) is 5.27. The molecule has 2 aromatic rings. The van der Waals surface area contributed by atoms with Crippen molar-refractivity contribution < 1.29 is 0 Å². The Kier molecular flexibility index (Phi) is 3.97. The van der Waals surface area contributed by atoms with Gasteiger partial charge >= 0.3 is 0 Å². The molecule has 0 spiro atoms. The van der Waals surface area contributed by atoms with E-state index in [2.05, 4.69) is 43.4 Å². The van der Waals surface area contributed by atoms with Gasteiger partial charge in [0.25, 0.3) is 0 Å². The van der Waals surface area contributed by atoms with Gasteiger partial charge in [-0.3, -0.25) is 0 Å². The van der Waals surface area contributed by atoms with Crippen molar-refractivity contribution in [2.75, 3.05) is 0 Å². The summed E-state index contributed by atoms with van der Waals surface area (Å²) in [5.74, 6) is 0. The number of hydrogen-bond donors (Lipinski definition) is 0. The number of hydrogen-bond acceptors (Lipinski definition) is 2. The van der Waals surface area contributed by atoms with Gasteiger partial charge < -0.3 is 0 Å². The summed E-state index contributed by atoms with van der Waals surface area (Å²) >= 11 is 0. The molecule has 1 aliphatic heterocycles. The summed E-state index contributed by atoms with van der Waals surface area (Å²) in [7, 11) is 0. The van der Waals surface area contributed by atoms with Crippen LogP contribution in [0.4, 0.5) is 0 Å². The van der Waals surface area contributed by atoms with Gasteiger partial charge in [0, 0.05) is 0 Å². The lowest BCUT2D eigenvalue weighted by molar-refractivity contribution is -0.00919. The van der Waals surface area contributed by atoms with E-state index >= 15 is 0 Å². The molecule has 3 rings (SSSR count). The smallest absolute Gasteiger partial charge is 0.0810 e. The van der Waals surface area contributed by atoms with Gasteiger partial charge in [0.15, 0.2) is 0 Å². The quantitative estimate of drug-likeness (QED) is 0.722. The Bertz CT molecular complexity index is 624. The molecule has 1 fully saturated rings. The van der Waals surface area contributed by atoms with Crippen molar-refractivity contribution in [3.8, 4) is 0 Å². The zero-order chi connectivity index (χ0) is 15.6. The van der Waals surface area contributed by atoms with E-state index in [9.17, 15) is 4.91 Å². The van der Waals surface area contributed by atoms with Crippen LogP contribution in [0.3, 0.4) is 0 Å². The average molecular weight is 294 g/mol. The highest BCUT2D eigenvalue weighted by atomic mass is 16.3. The van der Waals surface area contributed by atoms with Crippen LogP contribution in [0.2, 0.25) is 0 Å². The zero-order valence-corrected chi connectivity index (χ0v) is 13.1. The van der Waals surface area contributed by atoms with Crippen LogP contribution < -0.4 is 0 Å². The number of benzene rings is 2. The van der Waals surface area contributed by atoms with E-state index in [4.69, 9.17) is 0 Å². The van der Waals surface area contributed by atoms with E-state index < -0.39 is 0 Å². The fourth-order valence-electron chi connectivity index (χ4n) is 3.65. The fourth-order valence-corrected chi connectivity index (χ4v) is 3.65. The molecule has 1 heterocycles. The molecule has 1 saturated heterocycles. The largest absolute Gasteiger partial charge is 0.245 e. The molecule has 22 heavy (non-hydrogen) atoms. The second-order valence-corrected chi connectivity index (χ2v) is 6.73. The maximum atomic E-state index is 11.7. The first-order chi connectivity index (χ1) is 10.6. The average Bonchev–Trinajstić information content (AvgIpc) is 2.55. The van der Waals surface area contributed by atoms with Gasteiger partial charge in [0.05, 0.1) is 17.4 Å². The van der Waals surface area contributed by atoms with Crippen LogP contribution in [0.5, 0.6) is 0 Å². The van der Waals surface area contributed by atoms with Crippen LogP contribution in [0.25, 0.3) is 0 Å². The third-order valence-corrected chi connectivity index (χ3v) is 4.78. The van der Waals surface area contributed by atoms with E-state index in [1.54, 1.807) is 5.01 Å². The highest BCUT2D eigenvalue weighted by Gasteiger charge is 2.44. The topological polar surface area (TPSA) is 32.7 Å². The lowest BCUT2D eigenvalue weighted by atomic mass is 9.71. The van der Waals surface area contributed by atoms with Crippen molar-refractivity contribution in [2.45, 2.75) is 38.8 Å². The second kappa shape index (κ2) is 5.91. The summed E-state index contributed by atoms with van der Waals surface area (Å²) < 4.78 is 0. The maximum Gasteiger partial charge on any atom is 0.0810 e. The molecule has 0 aromatic heterocycles. The summed E-state index contributed by atoms with van der Waals surface area (Å²) in [6.45, 7) is 4.45. The summed E-state index contributed by atoms with van der Waals surface area (Å²) in [6, 6.07) is 20.5. The van der Waals surface area contributed by atoms with Crippen LogP contribution in [0, 0.1) is 10.3 Å². The maximum absolute atomic E-state index is 11.7. The SMILES string of the molecule is CC1(C)CC[C@H](c2ccccc2)N(N=O)[C@@H]1c1ccccc1. The van der Waals surface area contributed by atoms with Crippen LogP contribution in [0.1, 0.15) is 49.9 Å². The Labute approximate surface area is 131 Å². The molecular weight excluding hydrogens is 272 g/mol. The standard InChI is InChI=1S/C19H22N2O/c1-19(2)14-13-17(15-9-5-3-6-10-15)21(20-22)18(19)16-11-7-4-8-12-16/h3-12,17-18H,13-14H2,1-2H3/t17-,18-/m1/s1. The molecule has 2 atom stereocenters. The Balaban J connectivity index is 2.02. The molecule has 0 unspecified atom stereocenters. The van der Waals surface area contributed by atoms with Crippen molar-refractivity contribution in [3.63, 3.8) is 0 Å². The van der Waals surface area contributed by atoms with Crippen molar-refractivity contribution in [1.82, 2.24) is 5.01 Å². The molecule has 0 radical (unpaired) electrons. The first-order valence-electron chi connectivity index (χ1n) is 7.85. The van der Waals surface area contributed by atoms with Gasteiger partial charge in [0.1, 0.15) is 0 Å². The lowest BCUT2D eigenvalue weighted by Crippen LogP contribution is -2.42. The van der Waals surface area contributed by atoms with Crippen LogP contribution in [0.15, 0.2) is 65.9 Å². The van der Waals surface area contributed by atoms with Crippen LogP contribution >= 0.6 is 0 Å². The summed E-state index contributed by atoms with van der Waals surface area (Å²) in [5, 5.41) is 5.21. The number of piperidine rings is 1. The fraction of sp³-hybridized carbons (Fsp3) is 0.368. The van der Waals surface area contributed by atoms with E-state index in [0.29, 0.717) is 0 Å². The molecule has 3 heteroatoms. The Morgan fingerprint density at radius 2 is 1.50 bits per heavy atom. The molecule has 0 amide bonds. The molecule has 0 aliphatic carbocycles. The van der Waals surface area contributed by atoms with Crippen molar-refractivity contribution in [3.05, 3.63) is 76.7 Å². The normalized spacial score (nSPS) is 24.0. The molecule has 0 saturated carbocycles. The van der Waals surface area contributed by atoms with Gasteiger partial charge in [-0.2, -0.15) is 0 Å².